The van der Waals surface area contributed by atoms with Crippen LogP contribution in [-0.4, -0.2) is 25.2 Å². The third-order valence-corrected chi connectivity index (χ3v) is 4.06. The number of carbonyl (C=O) groups is 1. The molecule has 0 radical (unpaired) electrons. The number of ketones is 1. The summed E-state index contributed by atoms with van der Waals surface area (Å²) >= 11 is 11.2. The van der Waals surface area contributed by atoms with Crippen LogP contribution < -0.4 is 0 Å². The monoisotopic (exact) mass is 266 g/mol. The van der Waals surface area contributed by atoms with Gasteiger partial charge in [0.25, 0.3) is 0 Å². The fourth-order valence-electron chi connectivity index (χ4n) is 0.967. The van der Waals surface area contributed by atoms with Crippen LogP contribution in [0.4, 0.5) is 0 Å². The Balaban J connectivity index is 3.06. The highest BCUT2D eigenvalue weighted by Crippen LogP contribution is 2.16. The third kappa shape index (κ3) is 3.19. The zero-order chi connectivity index (χ0) is 11.6. The van der Waals surface area contributed by atoms with Crippen molar-refractivity contribution in [3.63, 3.8) is 0 Å². The summed E-state index contributed by atoms with van der Waals surface area (Å²) < 4.78 is 20.5. The van der Waals surface area contributed by atoms with Crippen LogP contribution >= 0.6 is 23.2 Å². The first-order valence-corrected chi connectivity index (χ1v) is 6.72. The SMILES string of the molecule is CS(=O)(=O)C(Cl)C(=O)c1cccc(Cl)c1. The Morgan fingerprint density at radius 2 is 2.00 bits per heavy atom. The Bertz CT molecular complexity index is 482. The van der Waals surface area contributed by atoms with E-state index in [0.29, 0.717) is 5.02 Å². The molecule has 0 N–H and O–H groups in total. The van der Waals surface area contributed by atoms with Crippen molar-refractivity contribution in [2.24, 2.45) is 0 Å². The standard InChI is InChI=1S/C9H8Cl2O3S/c1-15(13,14)9(11)8(12)6-3-2-4-7(10)5-6/h2-5,9H,1H3. The minimum atomic E-state index is -3.59. The van der Waals surface area contributed by atoms with Crippen molar-refractivity contribution in [2.45, 2.75) is 4.71 Å². The summed E-state index contributed by atoms with van der Waals surface area (Å²) in [7, 11) is -3.59. The van der Waals surface area contributed by atoms with Gasteiger partial charge in [-0.2, -0.15) is 0 Å². The molecule has 82 valence electrons. The number of Topliss-reactive ketones (excluding diaryl/α,β-unsaturated/α-hetero) is 1. The summed E-state index contributed by atoms with van der Waals surface area (Å²) in [5.74, 6) is -0.665. The Morgan fingerprint density at radius 3 is 2.47 bits per heavy atom. The number of hydrogen-bond acceptors (Lipinski definition) is 3. The van der Waals surface area contributed by atoms with Crippen molar-refractivity contribution in [2.75, 3.05) is 6.26 Å². The first-order chi connectivity index (χ1) is 6.82. The molecule has 0 spiro atoms. The van der Waals surface area contributed by atoms with Gasteiger partial charge in [0.15, 0.2) is 20.3 Å². The summed E-state index contributed by atoms with van der Waals surface area (Å²) in [6.45, 7) is 0. The molecule has 0 aromatic heterocycles. The van der Waals surface area contributed by atoms with E-state index in [4.69, 9.17) is 23.2 Å². The van der Waals surface area contributed by atoms with Gasteiger partial charge in [0.05, 0.1) is 0 Å². The fraction of sp³-hybridized carbons (Fsp3) is 0.222. The topological polar surface area (TPSA) is 51.2 Å². The van der Waals surface area contributed by atoms with Crippen molar-refractivity contribution < 1.29 is 13.2 Å². The molecule has 1 unspecified atom stereocenters. The average Bonchev–Trinajstić information content (AvgIpc) is 2.14. The second-order valence-electron chi connectivity index (χ2n) is 3.02. The maximum atomic E-state index is 11.6. The van der Waals surface area contributed by atoms with E-state index < -0.39 is 20.3 Å². The van der Waals surface area contributed by atoms with E-state index in [-0.39, 0.29) is 5.56 Å². The number of alkyl halides is 1. The molecule has 0 aliphatic carbocycles. The van der Waals surface area contributed by atoms with Gasteiger partial charge >= 0.3 is 0 Å². The van der Waals surface area contributed by atoms with Gasteiger partial charge in [-0.15, -0.1) is 0 Å². The number of sulfone groups is 1. The lowest BCUT2D eigenvalue weighted by Gasteiger charge is -2.06. The van der Waals surface area contributed by atoms with Crippen LogP contribution in [0.2, 0.25) is 5.02 Å². The van der Waals surface area contributed by atoms with E-state index in [9.17, 15) is 13.2 Å². The number of rotatable bonds is 3. The lowest BCUT2D eigenvalue weighted by molar-refractivity contribution is 0.101. The largest absolute Gasteiger partial charge is 0.291 e. The van der Waals surface area contributed by atoms with Crippen molar-refractivity contribution in [3.05, 3.63) is 34.9 Å². The molecular weight excluding hydrogens is 259 g/mol. The number of hydrogen-bond donors (Lipinski definition) is 0. The number of carbonyl (C=O) groups excluding carboxylic acids is 1. The molecule has 6 heteroatoms. The summed E-state index contributed by atoms with van der Waals surface area (Å²) in [5.41, 5.74) is 0.188. The van der Waals surface area contributed by atoms with Crippen LogP contribution in [0.5, 0.6) is 0 Å². The molecule has 0 bridgehead atoms. The lowest BCUT2D eigenvalue weighted by Crippen LogP contribution is -2.23. The molecule has 0 amide bonds. The maximum absolute atomic E-state index is 11.6. The summed E-state index contributed by atoms with van der Waals surface area (Å²) in [6.07, 6.45) is 0.910. The molecule has 0 saturated carbocycles. The molecule has 0 heterocycles. The predicted molar refractivity (Wildman–Crippen MR) is 60.3 cm³/mol. The highest BCUT2D eigenvalue weighted by Gasteiger charge is 2.27. The molecular formula is C9H8Cl2O3S. The van der Waals surface area contributed by atoms with E-state index in [0.717, 1.165) is 6.26 Å². The van der Waals surface area contributed by atoms with Crippen LogP contribution in [0.15, 0.2) is 24.3 Å². The van der Waals surface area contributed by atoms with E-state index in [2.05, 4.69) is 0 Å². The van der Waals surface area contributed by atoms with Gasteiger partial charge in [-0.05, 0) is 12.1 Å². The van der Waals surface area contributed by atoms with Gasteiger partial charge in [0.2, 0.25) is 0 Å². The van der Waals surface area contributed by atoms with E-state index >= 15 is 0 Å². The van der Waals surface area contributed by atoms with Crippen LogP contribution in [0, 0.1) is 0 Å². The molecule has 1 rings (SSSR count). The first kappa shape index (κ1) is 12.5. The van der Waals surface area contributed by atoms with Gasteiger partial charge < -0.3 is 0 Å². The quantitative estimate of drug-likeness (QED) is 0.622. The number of benzene rings is 1. The minimum absolute atomic E-state index is 0.188. The van der Waals surface area contributed by atoms with Gasteiger partial charge in [0.1, 0.15) is 0 Å². The Kier molecular flexibility index (Phi) is 3.76. The first-order valence-electron chi connectivity index (χ1n) is 3.95. The minimum Gasteiger partial charge on any atom is -0.291 e. The Labute approximate surface area is 97.9 Å². The molecule has 15 heavy (non-hydrogen) atoms. The van der Waals surface area contributed by atoms with Gasteiger partial charge in [-0.25, -0.2) is 8.42 Å². The second kappa shape index (κ2) is 4.51. The van der Waals surface area contributed by atoms with Gasteiger partial charge in [-0.1, -0.05) is 35.3 Å². The molecule has 0 aliphatic heterocycles. The third-order valence-electron chi connectivity index (χ3n) is 1.69. The maximum Gasteiger partial charge on any atom is 0.197 e. The summed E-state index contributed by atoms with van der Waals surface area (Å²) in [4.78, 5) is 11.6. The van der Waals surface area contributed by atoms with Crippen molar-refractivity contribution in [3.8, 4) is 0 Å². The Hall–Kier alpha value is -0.580. The summed E-state index contributed by atoms with van der Waals surface area (Å²) in [6, 6.07) is 5.99. The predicted octanol–water partition coefficient (Wildman–Crippen LogP) is 2.13. The van der Waals surface area contributed by atoms with Gasteiger partial charge in [-0.3, -0.25) is 4.79 Å². The normalized spacial score (nSPS) is 13.5. The zero-order valence-electron chi connectivity index (χ0n) is 7.78. The number of halogens is 2. The lowest BCUT2D eigenvalue weighted by atomic mass is 10.1. The zero-order valence-corrected chi connectivity index (χ0v) is 10.1. The van der Waals surface area contributed by atoms with Crippen LogP contribution in [0.3, 0.4) is 0 Å². The van der Waals surface area contributed by atoms with Crippen molar-refractivity contribution in [1.29, 1.82) is 0 Å². The van der Waals surface area contributed by atoms with Gasteiger partial charge in [0, 0.05) is 16.8 Å². The Morgan fingerprint density at radius 1 is 1.40 bits per heavy atom. The van der Waals surface area contributed by atoms with Crippen LogP contribution in [-0.2, 0) is 9.84 Å². The highest BCUT2D eigenvalue weighted by molar-refractivity contribution is 7.93. The van der Waals surface area contributed by atoms with E-state index in [1.54, 1.807) is 12.1 Å². The highest BCUT2D eigenvalue weighted by atomic mass is 35.5. The fourth-order valence-corrected chi connectivity index (χ4v) is 1.81. The molecule has 1 aromatic carbocycles. The molecule has 3 nitrogen and oxygen atoms in total. The van der Waals surface area contributed by atoms with E-state index in [1.807, 2.05) is 0 Å². The molecule has 0 saturated heterocycles. The molecule has 0 aliphatic rings. The van der Waals surface area contributed by atoms with Crippen molar-refractivity contribution >= 4 is 38.8 Å². The van der Waals surface area contributed by atoms with Crippen LogP contribution in [0.1, 0.15) is 10.4 Å². The summed E-state index contributed by atoms with van der Waals surface area (Å²) in [5, 5.41) is 0.359. The van der Waals surface area contributed by atoms with E-state index in [1.165, 1.54) is 12.1 Å². The second-order valence-corrected chi connectivity index (χ2v) is 6.28. The van der Waals surface area contributed by atoms with Crippen molar-refractivity contribution in [1.82, 2.24) is 0 Å². The molecule has 0 fully saturated rings. The molecule has 1 aromatic rings. The average molecular weight is 267 g/mol. The molecule has 1 atom stereocenters. The smallest absolute Gasteiger partial charge is 0.197 e. The van der Waals surface area contributed by atoms with Crippen LogP contribution in [0.25, 0.3) is 0 Å².